The fraction of sp³-hybridized carbons (Fsp3) is 0.188. The maximum Gasteiger partial charge on any atom is 0.311 e. The maximum atomic E-state index is 12.9. The van der Waals surface area contributed by atoms with Gasteiger partial charge in [0.15, 0.2) is 0 Å². The second-order valence-corrected chi connectivity index (χ2v) is 4.62. The van der Waals surface area contributed by atoms with E-state index in [4.69, 9.17) is 5.11 Å². The van der Waals surface area contributed by atoms with Crippen LogP contribution in [0.1, 0.15) is 22.6 Å². The molecule has 0 spiro atoms. The van der Waals surface area contributed by atoms with Crippen molar-refractivity contribution in [3.05, 3.63) is 71.0 Å². The molecule has 1 atom stereocenters. The zero-order valence-electron chi connectivity index (χ0n) is 10.8. The molecule has 0 saturated carbocycles. The standard InChI is InChI=1S/C16H15FO3/c17-14-7-5-13(6-8-14)15(16(19)20)9-11-1-3-12(10-18)4-2-11/h1-8,15,18H,9-10H2,(H,19,20). The van der Waals surface area contributed by atoms with E-state index in [2.05, 4.69) is 0 Å². The van der Waals surface area contributed by atoms with Crippen LogP contribution in [-0.4, -0.2) is 16.2 Å². The first-order chi connectivity index (χ1) is 9.60. The molecule has 104 valence electrons. The molecule has 0 aliphatic heterocycles. The normalized spacial score (nSPS) is 12.1. The average molecular weight is 274 g/mol. The Morgan fingerprint density at radius 2 is 1.55 bits per heavy atom. The summed E-state index contributed by atoms with van der Waals surface area (Å²) < 4.78 is 12.9. The molecule has 0 fully saturated rings. The number of benzene rings is 2. The predicted octanol–water partition coefficient (Wildman–Crippen LogP) is 2.73. The van der Waals surface area contributed by atoms with Crippen LogP contribution in [-0.2, 0) is 17.8 Å². The number of aliphatic hydroxyl groups is 1. The van der Waals surface area contributed by atoms with Crippen molar-refractivity contribution in [1.29, 1.82) is 0 Å². The maximum absolute atomic E-state index is 12.9. The second kappa shape index (κ2) is 6.30. The molecule has 0 aliphatic carbocycles. The third-order valence-electron chi connectivity index (χ3n) is 3.22. The minimum atomic E-state index is -0.942. The van der Waals surface area contributed by atoms with Crippen LogP contribution in [0, 0.1) is 5.82 Å². The SMILES string of the molecule is O=C(O)C(Cc1ccc(CO)cc1)c1ccc(F)cc1. The minimum Gasteiger partial charge on any atom is -0.481 e. The minimum absolute atomic E-state index is 0.0411. The fourth-order valence-corrected chi connectivity index (χ4v) is 2.06. The molecule has 4 heteroatoms. The van der Waals surface area contributed by atoms with E-state index in [1.807, 2.05) is 0 Å². The third-order valence-corrected chi connectivity index (χ3v) is 3.22. The quantitative estimate of drug-likeness (QED) is 0.881. The number of halogens is 1. The highest BCUT2D eigenvalue weighted by Crippen LogP contribution is 2.22. The Hall–Kier alpha value is -2.20. The molecule has 3 nitrogen and oxygen atoms in total. The van der Waals surface area contributed by atoms with Crippen LogP contribution in [0.5, 0.6) is 0 Å². The van der Waals surface area contributed by atoms with E-state index in [1.165, 1.54) is 24.3 Å². The first kappa shape index (κ1) is 14.2. The Bertz CT molecular complexity index is 576. The first-order valence-electron chi connectivity index (χ1n) is 6.27. The van der Waals surface area contributed by atoms with Crippen molar-refractivity contribution in [3.63, 3.8) is 0 Å². The Morgan fingerprint density at radius 3 is 2.05 bits per heavy atom. The molecule has 0 bridgehead atoms. The monoisotopic (exact) mass is 274 g/mol. The number of rotatable bonds is 5. The number of carboxylic acids is 1. The Kier molecular flexibility index (Phi) is 4.48. The predicted molar refractivity (Wildman–Crippen MR) is 72.8 cm³/mol. The smallest absolute Gasteiger partial charge is 0.311 e. The van der Waals surface area contributed by atoms with Crippen LogP contribution in [0.2, 0.25) is 0 Å². The van der Waals surface area contributed by atoms with Crippen LogP contribution in [0.25, 0.3) is 0 Å². The summed E-state index contributed by atoms with van der Waals surface area (Å²) in [4.78, 5) is 11.4. The number of aliphatic hydroxyl groups excluding tert-OH is 1. The van der Waals surface area contributed by atoms with E-state index in [9.17, 15) is 14.3 Å². The van der Waals surface area contributed by atoms with E-state index in [-0.39, 0.29) is 12.4 Å². The van der Waals surface area contributed by atoms with Gasteiger partial charge in [0.2, 0.25) is 0 Å². The van der Waals surface area contributed by atoms with Gasteiger partial charge in [-0.3, -0.25) is 4.79 Å². The summed E-state index contributed by atoms with van der Waals surface area (Å²) in [6, 6.07) is 12.6. The van der Waals surface area contributed by atoms with Crippen LogP contribution in [0.4, 0.5) is 4.39 Å². The van der Waals surface area contributed by atoms with Gasteiger partial charge in [0.05, 0.1) is 12.5 Å². The molecular weight excluding hydrogens is 259 g/mol. The third kappa shape index (κ3) is 3.42. The molecule has 2 rings (SSSR count). The van der Waals surface area contributed by atoms with E-state index < -0.39 is 11.9 Å². The van der Waals surface area contributed by atoms with Gasteiger partial charge in [0.25, 0.3) is 0 Å². The number of carboxylic acid groups (broad SMARTS) is 1. The molecule has 2 N–H and O–H groups in total. The molecule has 0 saturated heterocycles. The van der Waals surface area contributed by atoms with Crippen molar-refractivity contribution >= 4 is 5.97 Å². The summed E-state index contributed by atoms with van der Waals surface area (Å²) in [5.41, 5.74) is 2.21. The summed E-state index contributed by atoms with van der Waals surface area (Å²) in [5, 5.41) is 18.3. The van der Waals surface area contributed by atoms with Crippen molar-refractivity contribution in [3.8, 4) is 0 Å². The molecular formula is C16H15FO3. The van der Waals surface area contributed by atoms with Gasteiger partial charge in [-0.1, -0.05) is 36.4 Å². The van der Waals surface area contributed by atoms with Gasteiger partial charge < -0.3 is 10.2 Å². The van der Waals surface area contributed by atoms with Crippen molar-refractivity contribution in [2.45, 2.75) is 18.9 Å². The lowest BCUT2D eigenvalue weighted by Crippen LogP contribution is -2.14. The molecule has 20 heavy (non-hydrogen) atoms. The Balaban J connectivity index is 2.20. The molecule has 2 aromatic rings. The van der Waals surface area contributed by atoms with Gasteiger partial charge in [0, 0.05) is 0 Å². The van der Waals surface area contributed by atoms with E-state index in [0.29, 0.717) is 12.0 Å². The molecule has 0 radical (unpaired) electrons. The van der Waals surface area contributed by atoms with Gasteiger partial charge in [0.1, 0.15) is 5.82 Å². The van der Waals surface area contributed by atoms with Crippen molar-refractivity contribution in [2.75, 3.05) is 0 Å². The number of aliphatic carboxylic acids is 1. The van der Waals surface area contributed by atoms with Crippen molar-refractivity contribution in [2.24, 2.45) is 0 Å². The Morgan fingerprint density at radius 1 is 1.00 bits per heavy atom. The lowest BCUT2D eigenvalue weighted by Gasteiger charge is -2.13. The van der Waals surface area contributed by atoms with E-state index in [1.54, 1.807) is 24.3 Å². The highest BCUT2D eigenvalue weighted by molar-refractivity contribution is 5.76. The fourth-order valence-electron chi connectivity index (χ4n) is 2.06. The lowest BCUT2D eigenvalue weighted by molar-refractivity contribution is -0.138. The van der Waals surface area contributed by atoms with Gasteiger partial charge >= 0.3 is 5.97 Å². The summed E-state index contributed by atoms with van der Waals surface area (Å²) >= 11 is 0. The van der Waals surface area contributed by atoms with Crippen LogP contribution in [0.15, 0.2) is 48.5 Å². The number of hydrogen-bond acceptors (Lipinski definition) is 2. The van der Waals surface area contributed by atoms with Gasteiger partial charge in [-0.15, -0.1) is 0 Å². The summed E-state index contributed by atoms with van der Waals surface area (Å²) in [7, 11) is 0. The molecule has 1 unspecified atom stereocenters. The zero-order chi connectivity index (χ0) is 14.5. The highest BCUT2D eigenvalue weighted by Gasteiger charge is 2.20. The lowest BCUT2D eigenvalue weighted by atomic mass is 9.92. The largest absolute Gasteiger partial charge is 0.481 e. The van der Waals surface area contributed by atoms with Gasteiger partial charge in [-0.25, -0.2) is 4.39 Å². The van der Waals surface area contributed by atoms with Crippen LogP contribution >= 0.6 is 0 Å². The topological polar surface area (TPSA) is 57.5 Å². The van der Waals surface area contributed by atoms with Crippen molar-refractivity contribution in [1.82, 2.24) is 0 Å². The molecule has 2 aromatic carbocycles. The number of carbonyl (C=O) groups is 1. The van der Waals surface area contributed by atoms with Crippen LogP contribution < -0.4 is 0 Å². The molecule has 0 aromatic heterocycles. The Labute approximate surface area is 116 Å². The molecule has 0 heterocycles. The van der Waals surface area contributed by atoms with Crippen molar-refractivity contribution < 1.29 is 19.4 Å². The highest BCUT2D eigenvalue weighted by atomic mass is 19.1. The summed E-state index contributed by atoms with van der Waals surface area (Å²) in [6.45, 7) is -0.0411. The van der Waals surface area contributed by atoms with Crippen LogP contribution in [0.3, 0.4) is 0 Å². The summed E-state index contributed by atoms with van der Waals surface area (Å²) in [5.74, 6) is -2.04. The number of hydrogen-bond donors (Lipinski definition) is 2. The van der Waals surface area contributed by atoms with E-state index in [0.717, 1.165) is 11.1 Å². The molecule has 0 aliphatic rings. The van der Waals surface area contributed by atoms with Gasteiger partial charge in [-0.05, 0) is 35.2 Å². The summed E-state index contributed by atoms with van der Waals surface area (Å²) in [6.07, 6.45) is 0.326. The average Bonchev–Trinajstić information content (AvgIpc) is 2.46. The second-order valence-electron chi connectivity index (χ2n) is 4.62. The molecule has 0 amide bonds. The van der Waals surface area contributed by atoms with Gasteiger partial charge in [-0.2, -0.15) is 0 Å². The van der Waals surface area contributed by atoms with E-state index >= 15 is 0 Å². The zero-order valence-corrected chi connectivity index (χ0v) is 10.8. The first-order valence-corrected chi connectivity index (χ1v) is 6.27.